The van der Waals surface area contributed by atoms with E-state index in [1.54, 1.807) is 7.05 Å². The van der Waals surface area contributed by atoms with E-state index in [0.717, 1.165) is 17.7 Å². The van der Waals surface area contributed by atoms with Crippen molar-refractivity contribution in [2.24, 2.45) is 16.6 Å². The fourth-order valence-corrected chi connectivity index (χ4v) is 8.85. The predicted octanol–water partition coefficient (Wildman–Crippen LogP) is 5.28. The minimum Gasteiger partial charge on any atom is -0.438 e. The van der Waals surface area contributed by atoms with Crippen molar-refractivity contribution in [1.82, 2.24) is 25.4 Å². The highest BCUT2D eigenvalue weighted by atomic mass is 31.2. The van der Waals surface area contributed by atoms with E-state index in [0.29, 0.717) is 25.8 Å². The Hall–Kier alpha value is -5.56. The fourth-order valence-electron chi connectivity index (χ4n) is 7.62. The molecule has 18 nitrogen and oxygen atoms in total. The van der Waals surface area contributed by atoms with Crippen molar-refractivity contribution in [2.45, 2.75) is 116 Å². The summed E-state index contributed by atoms with van der Waals surface area (Å²) in [6.45, 7) is 7.26. The lowest BCUT2D eigenvalue weighted by Gasteiger charge is -2.38. The average Bonchev–Trinajstić information content (AvgIpc) is 3.89. The van der Waals surface area contributed by atoms with Gasteiger partial charge in [0.1, 0.15) is 17.8 Å². The molecule has 0 radical (unpaired) electrons. The average molecular weight is 959 g/mol. The lowest BCUT2D eigenvalue weighted by molar-refractivity contribution is -0.163. The molecule has 21 heteroatoms. The van der Waals surface area contributed by atoms with E-state index >= 15 is 8.78 Å². The van der Waals surface area contributed by atoms with Gasteiger partial charge in [-0.1, -0.05) is 36.4 Å². The first kappa shape index (κ1) is 52.4. The van der Waals surface area contributed by atoms with Crippen molar-refractivity contribution >= 4 is 59.8 Å². The molecule has 2 aliphatic heterocycles. The highest BCUT2D eigenvalue weighted by molar-refractivity contribution is 7.54. The molecule has 4 amide bonds. The Morgan fingerprint density at radius 3 is 2.10 bits per heavy atom. The minimum atomic E-state index is -5.64. The monoisotopic (exact) mass is 958 g/mol. The van der Waals surface area contributed by atoms with Gasteiger partial charge in [-0.2, -0.15) is 8.78 Å². The van der Waals surface area contributed by atoms with E-state index in [1.165, 1.54) is 58.6 Å². The SMILES string of the molecule is CN1CC[C@H]2CC[C@@H](C(=O)N[C@@H](CCC(N)=O)C(=O)CCc3ccccc3)N2C(=O)[C@@H](NC(=O)c2cc3cc(C(F)(F)P(=O)(OCOC(=O)C(C)(C)C)OCOC(=O)C(C)(C)C)ccc3[nH]2)C1. The number of halogens is 2. The molecule has 67 heavy (non-hydrogen) atoms. The highest BCUT2D eigenvalue weighted by Crippen LogP contribution is 2.67. The molecular weight excluding hydrogens is 898 g/mol. The topological polar surface area (TPSA) is 246 Å². The normalized spacial score (nSPS) is 18.9. The zero-order valence-corrected chi connectivity index (χ0v) is 39.8. The summed E-state index contributed by atoms with van der Waals surface area (Å²) < 4.78 is 66.4. The number of rotatable bonds is 19. The zero-order valence-electron chi connectivity index (χ0n) is 38.9. The maximum Gasteiger partial charge on any atom is 0.410 e. The number of fused-ring (bicyclic) bond motifs is 2. The van der Waals surface area contributed by atoms with Crippen molar-refractivity contribution in [3.8, 4) is 0 Å². The van der Waals surface area contributed by atoms with Crippen LogP contribution in [0.5, 0.6) is 0 Å². The molecular formula is C46H61F2N6O12P. The Kier molecular flexibility index (Phi) is 16.9. The summed E-state index contributed by atoms with van der Waals surface area (Å²) in [5.74, 6) is -4.50. The Morgan fingerprint density at radius 1 is 0.881 bits per heavy atom. The van der Waals surface area contributed by atoms with E-state index in [4.69, 9.17) is 24.3 Å². The molecule has 0 saturated carbocycles. The van der Waals surface area contributed by atoms with Crippen LogP contribution in [0, 0.1) is 10.8 Å². The van der Waals surface area contributed by atoms with E-state index in [1.807, 2.05) is 35.2 Å². The number of nitrogens with zero attached hydrogens (tertiary/aromatic N) is 2. The molecule has 3 heterocycles. The second kappa shape index (κ2) is 21.6. The van der Waals surface area contributed by atoms with E-state index in [2.05, 4.69) is 15.6 Å². The number of amides is 4. The lowest BCUT2D eigenvalue weighted by Crippen LogP contribution is -2.61. The third kappa shape index (κ3) is 13.3. The van der Waals surface area contributed by atoms with Crippen LogP contribution >= 0.6 is 7.60 Å². The minimum absolute atomic E-state index is 0.0175. The number of primary amides is 1. The van der Waals surface area contributed by atoms with Gasteiger partial charge in [0.05, 0.1) is 16.9 Å². The number of nitrogens with one attached hydrogen (secondary N) is 3. The Morgan fingerprint density at radius 2 is 1.51 bits per heavy atom. The molecule has 2 aromatic carbocycles. The summed E-state index contributed by atoms with van der Waals surface area (Å²) in [4.78, 5) is 98.3. The number of alkyl halides is 2. The maximum absolute atomic E-state index is 16.4. The Labute approximate surface area is 387 Å². The molecule has 5 rings (SSSR count). The Bertz CT molecular complexity index is 2330. The number of likely N-dealkylation sites (N-methyl/N-ethyl adjacent to an activating group) is 1. The molecule has 2 aliphatic rings. The van der Waals surface area contributed by atoms with Crippen LogP contribution in [0.25, 0.3) is 10.9 Å². The number of aromatic amines is 1. The number of benzene rings is 2. The zero-order chi connectivity index (χ0) is 49.5. The van der Waals surface area contributed by atoms with E-state index in [-0.39, 0.29) is 60.6 Å². The molecule has 3 aromatic rings. The Balaban J connectivity index is 1.33. The van der Waals surface area contributed by atoms with Crippen molar-refractivity contribution in [1.29, 1.82) is 0 Å². The van der Waals surface area contributed by atoms with Crippen LogP contribution in [0.2, 0.25) is 0 Å². The van der Waals surface area contributed by atoms with Gasteiger partial charge in [0.15, 0.2) is 5.78 Å². The van der Waals surface area contributed by atoms with Crippen molar-refractivity contribution in [2.75, 3.05) is 33.7 Å². The van der Waals surface area contributed by atoms with Gasteiger partial charge in [-0.25, -0.2) is 0 Å². The quantitative estimate of drug-likeness (QED) is 0.0680. The number of nitrogens with two attached hydrogens (primary N) is 1. The summed E-state index contributed by atoms with van der Waals surface area (Å²) in [5.41, 5.74) is -1.00. The molecule has 0 spiro atoms. The first-order valence-electron chi connectivity index (χ1n) is 22.0. The number of aromatic nitrogens is 1. The van der Waals surface area contributed by atoms with Crippen molar-refractivity contribution in [3.63, 3.8) is 0 Å². The predicted molar refractivity (Wildman–Crippen MR) is 240 cm³/mol. The number of hydrogen-bond donors (Lipinski definition) is 4. The largest absolute Gasteiger partial charge is 0.438 e. The van der Waals surface area contributed by atoms with E-state index < -0.39 is 96.9 Å². The molecule has 366 valence electrons. The standard InChI is InChI=1S/C46H61F2N6O12P/c1-44(2,3)42(60)63-26-65-67(62,66-27-64-43(61)45(4,5)6)46(47,48)30-14-16-32-29(23-30)24-34(50-32)39(57)52-35-25-53(7)22-21-31-15-18-36(54(31)41(35)59)40(58)51-33(17-20-38(49)56)37(55)19-13-28-11-9-8-10-12-28/h8-12,14,16,23-24,31,33,35-36,50H,13,15,17-22,25-27H2,1-7H3,(H2,49,56)(H,51,58)(H,52,57)/t31-,33+,35+,36+/m1/s1. The molecule has 0 unspecified atom stereocenters. The number of esters is 2. The van der Waals surface area contributed by atoms with Gasteiger partial charge in [0, 0.05) is 41.9 Å². The fraction of sp³-hybridized carbons (Fsp3) is 0.543. The summed E-state index contributed by atoms with van der Waals surface area (Å²) in [5, 5.41) is 5.59. The van der Waals surface area contributed by atoms with Gasteiger partial charge >= 0.3 is 25.2 Å². The number of carbonyl (C=O) groups excluding carboxylic acids is 7. The third-order valence-corrected chi connectivity index (χ3v) is 13.3. The van der Waals surface area contributed by atoms with Crippen LogP contribution in [0.3, 0.4) is 0 Å². The van der Waals surface area contributed by atoms with Crippen LogP contribution in [0.4, 0.5) is 8.78 Å². The van der Waals surface area contributed by atoms with Crippen molar-refractivity contribution in [3.05, 3.63) is 71.4 Å². The van der Waals surface area contributed by atoms with Crippen LogP contribution in [-0.4, -0.2) is 114 Å². The molecule has 0 aliphatic carbocycles. The summed E-state index contributed by atoms with van der Waals surface area (Å²) in [7, 11) is -3.86. The van der Waals surface area contributed by atoms with Gasteiger partial charge in [-0.15, -0.1) is 0 Å². The van der Waals surface area contributed by atoms with Gasteiger partial charge < -0.3 is 40.6 Å². The molecule has 0 bridgehead atoms. The highest BCUT2D eigenvalue weighted by Gasteiger charge is 2.56. The van der Waals surface area contributed by atoms with Crippen LogP contribution < -0.4 is 16.4 Å². The molecule has 4 atom stereocenters. The summed E-state index contributed by atoms with van der Waals surface area (Å²) in [6, 6.07) is 10.1. The first-order chi connectivity index (χ1) is 31.3. The number of Topliss-reactive ketones (excluding diaryl/α,β-unsaturated/α-hetero) is 1. The lowest BCUT2D eigenvalue weighted by atomic mass is 9.98. The van der Waals surface area contributed by atoms with E-state index in [9.17, 15) is 38.1 Å². The van der Waals surface area contributed by atoms with Gasteiger partial charge in [-0.05, 0) is 111 Å². The van der Waals surface area contributed by atoms with Gasteiger partial charge in [-0.3, -0.25) is 47.2 Å². The van der Waals surface area contributed by atoms with Crippen LogP contribution in [0.1, 0.15) is 102 Å². The van der Waals surface area contributed by atoms with Gasteiger partial charge in [0.25, 0.3) is 5.91 Å². The number of H-pyrrole nitrogens is 1. The van der Waals surface area contributed by atoms with Crippen molar-refractivity contribution < 1.29 is 65.4 Å². The third-order valence-electron chi connectivity index (χ3n) is 11.5. The number of ether oxygens (including phenoxy) is 2. The number of carbonyl (C=O) groups is 7. The molecule has 1 aromatic heterocycles. The van der Waals surface area contributed by atoms with Crippen LogP contribution in [0.15, 0.2) is 54.6 Å². The molecule has 2 saturated heterocycles. The van der Waals surface area contributed by atoms with Crippen LogP contribution in [-0.2, 0) is 63.9 Å². The number of ketones is 1. The number of hydrogen-bond acceptors (Lipinski definition) is 13. The second-order valence-corrected chi connectivity index (χ2v) is 21.0. The van der Waals surface area contributed by atoms with Gasteiger partial charge in [0.2, 0.25) is 31.3 Å². The summed E-state index contributed by atoms with van der Waals surface area (Å²) in [6.07, 6.45) is 1.65. The molecule has 2 fully saturated rings. The summed E-state index contributed by atoms with van der Waals surface area (Å²) >= 11 is 0. The molecule has 5 N–H and O–H groups in total. The maximum atomic E-state index is 16.4. The smallest absolute Gasteiger partial charge is 0.410 e. The second-order valence-electron chi connectivity index (χ2n) is 19.0. The number of aryl methyl sites for hydroxylation is 1. The first-order valence-corrected chi connectivity index (χ1v) is 23.6.